The van der Waals surface area contributed by atoms with Gasteiger partial charge in [0.1, 0.15) is 5.78 Å². The van der Waals surface area contributed by atoms with E-state index in [9.17, 15) is 4.79 Å². The van der Waals surface area contributed by atoms with E-state index < -0.39 is 0 Å². The molecule has 0 aromatic carbocycles. The SMILES string of the molecule is CC(C)NCC(S)CC(=O)C(C)C. The second-order valence-corrected chi connectivity index (χ2v) is 4.77. The van der Waals surface area contributed by atoms with Crippen molar-refractivity contribution in [3.63, 3.8) is 0 Å². The van der Waals surface area contributed by atoms with Crippen LogP contribution < -0.4 is 5.32 Å². The van der Waals surface area contributed by atoms with Crippen LogP contribution in [-0.4, -0.2) is 23.6 Å². The average molecular weight is 203 g/mol. The third kappa shape index (κ3) is 7.08. The highest BCUT2D eigenvalue weighted by atomic mass is 32.1. The summed E-state index contributed by atoms with van der Waals surface area (Å²) >= 11 is 4.36. The van der Waals surface area contributed by atoms with Crippen LogP contribution in [0.2, 0.25) is 0 Å². The zero-order chi connectivity index (χ0) is 10.4. The van der Waals surface area contributed by atoms with Gasteiger partial charge in [-0.05, 0) is 0 Å². The van der Waals surface area contributed by atoms with Crippen molar-refractivity contribution in [2.24, 2.45) is 5.92 Å². The van der Waals surface area contributed by atoms with Crippen LogP contribution in [0.15, 0.2) is 0 Å². The van der Waals surface area contributed by atoms with Gasteiger partial charge < -0.3 is 5.32 Å². The first-order chi connectivity index (χ1) is 5.93. The molecule has 0 aromatic rings. The molecule has 0 aliphatic rings. The van der Waals surface area contributed by atoms with Gasteiger partial charge in [0.2, 0.25) is 0 Å². The third-order valence-corrected chi connectivity index (χ3v) is 2.21. The molecule has 1 unspecified atom stereocenters. The molecular formula is C10H21NOS. The summed E-state index contributed by atoms with van der Waals surface area (Å²) in [6.07, 6.45) is 0.570. The predicted octanol–water partition coefficient (Wildman–Crippen LogP) is 1.90. The van der Waals surface area contributed by atoms with Gasteiger partial charge >= 0.3 is 0 Å². The van der Waals surface area contributed by atoms with Gasteiger partial charge in [0.25, 0.3) is 0 Å². The standard InChI is InChI=1S/C10H21NOS/c1-7(2)10(12)5-9(13)6-11-8(3)4/h7-9,11,13H,5-6H2,1-4H3. The fraction of sp³-hybridized carbons (Fsp3) is 0.900. The van der Waals surface area contributed by atoms with Crippen LogP contribution in [0.25, 0.3) is 0 Å². The van der Waals surface area contributed by atoms with Crippen molar-refractivity contribution in [2.45, 2.75) is 45.4 Å². The molecule has 0 rings (SSSR count). The summed E-state index contributed by atoms with van der Waals surface area (Å²) in [5.74, 6) is 0.430. The topological polar surface area (TPSA) is 29.1 Å². The average Bonchev–Trinajstić information content (AvgIpc) is 2.00. The van der Waals surface area contributed by atoms with Crippen LogP contribution in [0.3, 0.4) is 0 Å². The maximum Gasteiger partial charge on any atom is 0.136 e. The predicted molar refractivity (Wildman–Crippen MR) is 60.4 cm³/mol. The Kier molecular flexibility index (Phi) is 6.43. The van der Waals surface area contributed by atoms with E-state index in [2.05, 4.69) is 31.8 Å². The molecule has 0 spiro atoms. The highest BCUT2D eigenvalue weighted by Crippen LogP contribution is 2.06. The van der Waals surface area contributed by atoms with Gasteiger partial charge in [-0.3, -0.25) is 4.79 Å². The lowest BCUT2D eigenvalue weighted by atomic mass is 10.0. The van der Waals surface area contributed by atoms with Crippen molar-refractivity contribution in [3.05, 3.63) is 0 Å². The van der Waals surface area contributed by atoms with Gasteiger partial charge in [0.15, 0.2) is 0 Å². The molecule has 0 aliphatic heterocycles. The number of thiol groups is 1. The number of nitrogens with one attached hydrogen (secondary N) is 1. The zero-order valence-electron chi connectivity index (χ0n) is 9.00. The van der Waals surface area contributed by atoms with E-state index in [1.165, 1.54) is 0 Å². The van der Waals surface area contributed by atoms with Crippen molar-refractivity contribution in [1.82, 2.24) is 5.32 Å². The Hall–Kier alpha value is -0.0200. The minimum atomic E-state index is 0.133. The Labute approximate surface area is 86.9 Å². The van der Waals surface area contributed by atoms with E-state index in [1.807, 2.05) is 13.8 Å². The van der Waals surface area contributed by atoms with Crippen LogP contribution in [0.5, 0.6) is 0 Å². The monoisotopic (exact) mass is 203 g/mol. The van der Waals surface area contributed by atoms with Crippen molar-refractivity contribution >= 4 is 18.4 Å². The van der Waals surface area contributed by atoms with Gasteiger partial charge in [-0.1, -0.05) is 27.7 Å². The molecule has 0 aliphatic carbocycles. The molecule has 2 nitrogen and oxygen atoms in total. The number of hydrogen-bond acceptors (Lipinski definition) is 3. The molecule has 0 saturated carbocycles. The van der Waals surface area contributed by atoms with E-state index in [0.717, 1.165) is 6.54 Å². The van der Waals surface area contributed by atoms with Crippen LogP contribution >= 0.6 is 12.6 Å². The van der Waals surface area contributed by atoms with Gasteiger partial charge in [-0.2, -0.15) is 12.6 Å². The zero-order valence-corrected chi connectivity index (χ0v) is 9.90. The fourth-order valence-electron chi connectivity index (χ4n) is 0.912. The van der Waals surface area contributed by atoms with E-state index >= 15 is 0 Å². The van der Waals surface area contributed by atoms with Gasteiger partial charge in [0, 0.05) is 30.2 Å². The quantitative estimate of drug-likeness (QED) is 0.646. The fourth-order valence-corrected chi connectivity index (χ4v) is 1.20. The van der Waals surface area contributed by atoms with Gasteiger partial charge in [-0.25, -0.2) is 0 Å². The largest absolute Gasteiger partial charge is 0.313 e. The molecule has 1 atom stereocenters. The van der Waals surface area contributed by atoms with E-state index in [1.54, 1.807) is 0 Å². The summed E-state index contributed by atoms with van der Waals surface area (Å²) < 4.78 is 0. The van der Waals surface area contributed by atoms with Crippen LogP contribution in [0, 0.1) is 5.92 Å². The molecule has 13 heavy (non-hydrogen) atoms. The third-order valence-electron chi connectivity index (χ3n) is 1.84. The normalized spacial score (nSPS) is 13.8. The molecule has 0 heterocycles. The summed E-state index contributed by atoms with van der Waals surface area (Å²) in [6, 6.07) is 0.462. The molecule has 1 N–H and O–H groups in total. The molecule has 3 heteroatoms. The number of ketones is 1. The van der Waals surface area contributed by atoms with Crippen LogP contribution in [0.4, 0.5) is 0 Å². The number of carbonyl (C=O) groups is 1. The van der Waals surface area contributed by atoms with E-state index in [-0.39, 0.29) is 11.2 Å². The minimum absolute atomic E-state index is 0.133. The lowest BCUT2D eigenvalue weighted by molar-refractivity contribution is -0.121. The number of Topliss-reactive ketones (excluding diaryl/α,β-unsaturated/α-hetero) is 1. The van der Waals surface area contributed by atoms with Crippen molar-refractivity contribution in [3.8, 4) is 0 Å². The number of hydrogen-bond donors (Lipinski definition) is 2. The summed E-state index contributed by atoms with van der Waals surface area (Å²) in [5.41, 5.74) is 0. The second-order valence-electron chi connectivity index (χ2n) is 4.04. The van der Waals surface area contributed by atoms with Crippen LogP contribution in [-0.2, 0) is 4.79 Å². The van der Waals surface area contributed by atoms with Crippen LogP contribution in [0.1, 0.15) is 34.1 Å². The highest BCUT2D eigenvalue weighted by Gasteiger charge is 2.12. The molecule has 0 radical (unpaired) electrons. The Bertz CT molecular complexity index is 157. The Balaban J connectivity index is 3.62. The van der Waals surface area contributed by atoms with E-state index in [4.69, 9.17) is 0 Å². The Morgan fingerprint density at radius 2 is 1.85 bits per heavy atom. The maximum atomic E-state index is 11.3. The number of rotatable bonds is 6. The minimum Gasteiger partial charge on any atom is -0.313 e. The lowest BCUT2D eigenvalue weighted by Gasteiger charge is -2.14. The summed E-state index contributed by atoms with van der Waals surface area (Å²) in [5, 5.41) is 3.41. The Morgan fingerprint density at radius 3 is 2.23 bits per heavy atom. The second kappa shape index (κ2) is 6.44. The first kappa shape index (κ1) is 13.0. The molecule has 0 bridgehead atoms. The highest BCUT2D eigenvalue weighted by molar-refractivity contribution is 7.81. The molecule has 0 saturated heterocycles. The Morgan fingerprint density at radius 1 is 1.31 bits per heavy atom. The summed E-state index contributed by atoms with van der Waals surface area (Å²) in [7, 11) is 0. The van der Waals surface area contributed by atoms with Gasteiger partial charge in [-0.15, -0.1) is 0 Å². The van der Waals surface area contributed by atoms with Gasteiger partial charge in [0.05, 0.1) is 0 Å². The van der Waals surface area contributed by atoms with Crippen molar-refractivity contribution < 1.29 is 4.79 Å². The van der Waals surface area contributed by atoms with E-state index in [0.29, 0.717) is 18.2 Å². The maximum absolute atomic E-state index is 11.3. The molecule has 0 fully saturated rings. The summed E-state index contributed by atoms with van der Waals surface area (Å²) in [4.78, 5) is 11.3. The lowest BCUT2D eigenvalue weighted by Crippen LogP contribution is -2.31. The van der Waals surface area contributed by atoms with Crippen molar-refractivity contribution in [2.75, 3.05) is 6.54 Å². The molecule has 0 amide bonds. The van der Waals surface area contributed by atoms with Crippen molar-refractivity contribution in [1.29, 1.82) is 0 Å². The first-order valence-corrected chi connectivity index (χ1v) is 5.39. The number of carbonyl (C=O) groups excluding carboxylic acids is 1. The first-order valence-electron chi connectivity index (χ1n) is 4.87. The smallest absolute Gasteiger partial charge is 0.136 e. The molecular weight excluding hydrogens is 182 g/mol. The molecule has 0 aromatic heterocycles. The molecule has 78 valence electrons. The summed E-state index contributed by atoms with van der Waals surface area (Å²) in [6.45, 7) is 8.84.